The van der Waals surface area contributed by atoms with Crippen LogP contribution in [-0.4, -0.2) is 22.1 Å². The fourth-order valence-electron chi connectivity index (χ4n) is 1.62. The van der Waals surface area contributed by atoms with Gasteiger partial charge in [0.05, 0.1) is 0 Å². The molecule has 2 rings (SSSR count). The van der Waals surface area contributed by atoms with Crippen molar-refractivity contribution in [2.45, 2.75) is 18.4 Å². The maximum atomic E-state index is 13.5. The third kappa shape index (κ3) is 2.12. The van der Waals surface area contributed by atoms with Gasteiger partial charge in [0, 0.05) is 9.86 Å². The molecule has 7 heteroatoms. The second-order valence-electron chi connectivity index (χ2n) is 4.24. The highest BCUT2D eigenvalue weighted by Gasteiger charge is 2.58. The van der Waals surface area contributed by atoms with Crippen molar-refractivity contribution in [1.29, 1.82) is 0 Å². The molecule has 102 valence electrons. The smallest absolute Gasteiger partial charge is 0.378 e. The van der Waals surface area contributed by atoms with E-state index in [0.717, 1.165) is 0 Å². The summed E-state index contributed by atoms with van der Waals surface area (Å²) in [7, 11) is 0. The van der Waals surface area contributed by atoms with Gasteiger partial charge in [0.25, 0.3) is 0 Å². The lowest BCUT2D eigenvalue weighted by Gasteiger charge is -2.26. The first-order valence-electron chi connectivity index (χ1n) is 5.19. The number of hydrogen-bond donors (Lipinski definition) is 2. The first-order valence-corrected chi connectivity index (χ1v) is 5.98. The Bertz CT molecular complexity index is 648. The van der Waals surface area contributed by atoms with Crippen molar-refractivity contribution in [2.24, 2.45) is 0 Å². The van der Waals surface area contributed by atoms with E-state index in [0.29, 0.717) is 16.8 Å². The molecule has 0 spiro atoms. The monoisotopic (exact) mass is 334 g/mol. The lowest BCUT2D eigenvalue weighted by Crippen LogP contribution is -2.48. The van der Waals surface area contributed by atoms with Crippen LogP contribution in [0, 0.1) is 0 Å². The van der Waals surface area contributed by atoms with Crippen LogP contribution in [0.3, 0.4) is 0 Å². The van der Waals surface area contributed by atoms with Crippen LogP contribution in [0.2, 0.25) is 0 Å². The zero-order valence-electron chi connectivity index (χ0n) is 9.65. The molecule has 0 bridgehead atoms. The van der Waals surface area contributed by atoms with E-state index in [-0.39, 0.29) is 5.58 Å². The van der Waals surface area contributed by atoms with Gasteiger partial charge in [-0.25, -0.2) is 4.79 Å². The SMILES string of the molecule is CC(O)(c1cc2cc(Br)ccc2o1)C(F)(F)C(=O)O. The van der Waals surface area contributed by atoms with Crippen LogP contribution < -0.4 is 0 Å². The number of carboxylic acid groups (broad SMARTS) is 1. The average Bonchev–Trinajstić information content (AvgIpc) is 2.71. The van der Waals surface area contributed by atoms with Crippen molar-refractivity contribution in [1.82, 2.24) is 0 Å². The summed E-state index contributed by atoms with van der Waals surface area (Å²) >= 11 is 3.21. The number of aliphatic carboxylic acids is 1. The van der Waals surface area contributed by atoms with Gasteiger partial charge < -0.3 is 14.6 Å². The largest absolute Gasteiger partial charge is 0.477 e. The number of benzene rings is 1. The minimum Gasteiger partial charge on any atom is -0.477 e. The summed E-state index contributed by atoms with van der Waals surface area (Å²) in [6.07, 6.45) is 0. The molecule has 1 aromatic carbocycles. The van der Waals surface area contributed by atoms with Crippen molar-refractivity contribution in [3.05, 3.63) is 34.5 Å². The quantitative estimate of drug-likeness (QED) is 0.904. The van der Waals surface area contributed by atoms with E-state index in [1.807, 2.05) is 0 Å². The number of rotatable bonds is 3. The molecule has 2 N–H and O–H groups in total. The predicted molar refractivity (Wildman–Crippen MR) is 66.1 cm³/mol. The Kier molecular flexibility index (Phi) is 3.14. The molecule has 1 aromatic heterocycles. The van der Waals surface area contributed by atoms with Gasteiger partial charge in [0.15, 0.2) is 5.60 Å². The zero-order valence-corrected chi connectivity index (χ0v) is 11.2. The van der Waals surface area contributed by atoms with E-state index in [2.05, 4.69) is 15.9 Å². The molecule has 19 heavy (non-hydrogen) atoms. The number of furan rings is 1. The van der Waals surface area contributed by atoms with Crippen LogP contribution in [0.15, 0.2) is 33.2 Å². The molecular formula is C12H9BrF2O4. The topological polar surface area (TPSA) is 70.7 Å². The minimum atomic E-state index is -4.36. The van der Waals surface area contributed by atoms with Gasteiger partial charge in [0.2, 0.25) is 0 Å². The normalized spacial score (nSPS) is 15.4. The van der Waals surface area contributed by atoms with Crippen LogP contribution in [0.5, 0.6) is 0 Å². The summed E-state index contributed by atoms with van der Waals surface area (Å²) in [5.41, 5.74) is -2.66. The molecular weight excluding hydrogens is 326 g/mol. The Morgan fingerprint density at radius 3 is 2.58 bits per heavy atom. The number of carbonyl (C=O) groups is 1. The Morgan fingerprint density at radius 1 is 1.37 bits per heavy atom. The summed E-state index contributed by atoms with van der Waals surface area (Å²) in [4.78, 5) is 10.6. The van der Waals surface area contributed by atoms with Crippen molar-refractivity contribution in [3.63, 3.8) is 0 Å². The molecule has 0 aliphatic heterocycles. The van der Waals surface area contributed by atoms with Gasteiger partial charge in [-0.1, -0.05) is 15.9 Å². The van der Waals surface area contributed by atoms with Crippen LogP contribution in [0.4, 0.5) is 8.78 Å². The third-order valence-corrected chi connectivity index (χ3v) is 3.33. The first-order chi connectivity index (χ1) is 8.66. The third-order valence-electron chi connectivity index (χ3n) is 2.84. The van der Waals surface area contributed by atoms with Gasteiger partial charge in [-0.2, -0.15) is 8.78 Å². The highest BCUT2D eigenvalue weighted by atomic mass is 79.9. The van der Waals surface area contributed by atoms with Gasteiger partial charge in [-0.3, -0.25) is 0 Å². The molecule has 0 saturated carbocycles. The Hall–Kier alpha value is -1.47. The van der Waals surface area contributed by atoms with Gasteiger partial charge in [0.1, 0.15) is 11.3 Å². The molecule has 1 unspecified atom stereocenters. The molecule has 4 nitrogen and oxygen atoms in total. The lowest BCUT2D eigenvalue weighted by molar-refractivity contribution is -0.211. The standard InChI is InChI=1S/C12H9BrF2O4/c1-11(18,12(14,15)10(16)17)9-5-6-4-7(13)2-3-8(6)19-9/h2-5,18H,1H3,(H,16,17). The van der Waals surface area contributed by atoms with Crippen LogP contribution in [0.1, 0.15) is 12.7 Å². The van der Waals surface area contributed by atoms with Gasteiger partial charge in [-0.15, -0.1) is 0 Å². The first kappa shape index (κ1) is 14.0. The molecule has 0 amide bonds. The summed E-state index contributed by atoms with van der Waals surface area (Å²) in [5, 5.41) is 18.8. The van der Waals surface area contributed by atoms with Gasteiger partial charge in [-0.05, 0) is 31.2 Å². The molecule has 1 heterocycles. The Morgan fingerprint density at radius 2 is 2.00 bits per heavy atom. The van der Waals surface area contributed by atoms with Crippen LogP contribution in [-0.2, 0) is 10.4 Å². The number of fused-ring (bicyclic) bond motifs is 1. The number of aliphatic hydroxyl groups is 1. The predicted octanol–water partition coefficient (Wildman–Crippen LogP) is 3.12. The van der Waals surface area contributed by atoms with E-state index in [1.54, 1.807) is 12.1 Å². The minimum absolute atomic E-state index is 0.277. The maximum Gasteiger partial charge on any atom is 0.378 e. The highest BCUT2D eigenvalue weighted by Crippen LogP contribution is 2.40. The molecule has 0 aliphatic rings. The summed E-state index contributed by atoms with van der Waals surface area (Å²) < 4.78 is 32.8. The molecule has 0 aliphatic carbocycles. The molecule has 0 radical (unpaired) electrons. The lowest BCUT2D eigenvalue weighted by atomic mass is 9.95. The van der Waals surface area contributed by atoms with Crippen molar-refractivity contribution in [2.75, 3.05) is 0 Å². The van der Waals surface area contributed by atoms with Gasteiger partial charge >= 0.3 is 11.9 Å². The van der Waals surface area contributed by atoms with E-state index in [4.69, 9.17) is 9.52 Å². The van der Waals surface area contributed by atoms with E-state index in [1.165, 1.54) is 12.1 Å². The van der Waals surface area contributed by atoms with Crippen molar-refractivity contribution >= 4 is 32.9 Å². The second-order valence-corrected chi connectivity index (χ2v) is 5.16. The molecule has 0 fully saturated rings. The zero-order chi connectivity index (χ0) is 14.4. The van der Waals surface area contributed by atoms with E-state index < -0.39 is 23.3 Å². The number of hydrogen-bond acceptors (Lipinski definition) is 3. The number of halogens is 3. The second kappa shape index (κ2) is 4.28. The Balaban J connectivity index is 2.57. The fraction of sp³-hybridized carbons (Fsp3) is 0.250. The van der Waals surface area contributed by atoms with E-state index in [9.17, 15) is 18.7 Å². The molecule has 1 atom stereocenters. The van der Waals surface area contributed by atoms with Crippen molar-refractivity contribution < 1.29 is 28.2 Å². The van der Waals surface area contributed by atoms with Crippen molar-refractivity contribution in [3.8, 4) is 0 Å². The molecule has 2 aromatic rings. The Labute approximate surface area is 114 Å². The number of alkyl halides is 2. The summed E-state index contributed by atoms with van der Waals surface area (Å²) in [5.74, 6) is -7.29. The van der Waals surface area contributed by atoms with Crippen LogP contribution in [0.25, 0.3) is 11.0 Å². The van der Waals surface area contributed by atoms with E-state index >= 15 is 0 Å². The van der Waals surface area contributed by atoms with Crippen LogP contribution >= 0.6 is 15.9 Å². The summed E-state index contributed by atoms with van der Waals surface area (Å²) in [6, 6.07) is 5.96. The maximum absolute atomic E-state index is 13.5. The summed E-state index contributed by atoms with van der Waals surface area (Å²) in [6.45, 7) is 0.702. The fourth-order valence-corrected chi connectivity index (χ4v) is 2.00. The number of carboxylic acids is 1. The average molecular weight is 335 g/mol. The molecule has 0 saturated heterocycles. The highest BCUT2D eigenvalue weighted by molar-refractivity contribution is 9.10.